The molecule has 1 atom stereocenters. The number of nitro benzene ring substituents is 1. The lowest BCUT2D eigenvalue weighted by atomic mass is 10.1. The molecule has 110 valence electrons. The maximum atomic E-state index is 13.5. The van der Waals surface area contributed by atoms with Gasteiger partial charge in [-0.15, -0.1) is 0 Å². The lowest BCUT2D eigenvalue weighted by Gasteiger charge is -2.09. The summed E-state index contributed by atoms with van der Waals surface area (Å²) in [6.45, 7) is 1.62. The van der Waals surface area contributed by atoms with Gasteiger partial charge in [0, 0.05) is 12.1 Å². The van der Waals surface area contributed by atoms with Gasteiger partial charge >= 0.3 is 5.69 Å². The molecule has 0 radical (unpaired) electrons. The number of nitro groups is 1. The molecule has 0 unspecified atom stereocenters. The molecule has 0 fully saturated rings. The number of rotatable bonds is 4. The highest BCUT2D eigenvalue weighted by molar-refractivity contribution is 9.10. The smallest absolute Gasteiger partial charge is 0.312 e. The van der Waals surface area contributed by atoms with E-state index in [-0.39, 0.29) is 15.9 Å². The minimum atomic E-state index is -0.656. The van der Waals surface area contributed by atoms with Gasteiger partial charge in [0.1, 0.15) is 11.6 Å². The summed E-state index contributed by atoms with van der Waals surface area (Å²) in [5.41, 5.74) is 0.335. The van der Waals surface area contributed by atoms with E-state index in [9.17, 15) is 19.6 Å². The van der Waals surface area contributed by atoms with Crippen molar-refractivity contribution in [1.82, 2.24) is 0 Å². The summed E-state index contributed by atoms with van der Waals surface area (Å²) in [5, 5.41) is 20.4. The van der Waals surface area contributed by atoms with Gasteiger partial charge in [0.15, 0.2) is 0 Å². The first-order chi connectivity index (χ1) is 9.88. The predicted octanol–water partition coefficient (Wildman–Crippen LogP) is 4.34. The fraction of sp³-hybridized carbons (Fsp3) is 0.143. The van der Waals surface area contributed by atoms with Crippen LogP contribution in [0.4, 0.5) is 10.1 Å². The van der Waals surface area contributed by atoms with Crippen LogP contribution in [0.3, 0.4) is 0 Å². The van der Waals surface area contributed by atoms with Crippen LogP contribution in [0.15, 0.2) is 40.9 Å². The van der Waals surface area contributed by atoms with Crippen LogP contribution in [-0.2, 0) is 0 Å². The SMILES string of the molecule is C[C@@H](O)c1ccc(Oc2cc(F)c(Br)cc2[N+](=O)[O-])cc1. The molecular weight excluding hydrogens is 345 g/mol. The fourth-order valence-electron chi connectivity index (χ4n) is 1.68. The van der Waals surface area contributed by atoms with Crippen molar-refractivity contribution in [2.24, 2.45) is 0 Å². The first kappa shape index (κ1) is 15.4. The number of aliphatic hydroxyl groups excluding tert-OH is 1. The summed E-state index contributed by atoms with van der Waals surface area (Å²) in [6, 6.07) is 8.35. The molecule has 7 heteroatoms. The summed E-state index contributed by atoms with van der Waals surface area (Å²) in [5.74, 6) is -0.536. The highest BCUT2D eigenvalue weighted by Gasteiger charge is 2.19. The standard InChI is InChI=1S/C14H11BrFNO4/c1-8(18)9-2-4-10(5-3-9)21-14-7-12(16)11(15)6-13(14)17(19)20/h2-8,18H,1H3/t8-/m1/s1. The van der Waals surface area contributed by atoms with Crippen molar-refractivity contribution in [2.45, 2.75) is 13.0 Å². The molecule has 0 spiro atoms. The minimum absolute atomic E-state index is 0.00833. The Morgan fingerprint density at radius 1 is 1.33 bits per heavy atom. The summed E-state index contributed by atoms with van der Waals surface area (Å²) in [6.07, 6.45) is -0.626. The predicted molar refractivity (Wildman–Crippen MR) is 77.9 cm³/mol. The second-order valence-corrected chi connectivity index (χ2v) is 5.19. The molecule has 5 nitrogen and oxygen atoms in total. The van der Waals surface area contributed by atoms with Gasteiger partial charge in [-0.25, -0.2) is 4.39 Å². The van der Waals surface area contributed by atoms with Crippen LogP contribution in [-0.4, -0.2) is 10.0 Å². The van der Waals surface area contributed by atoms with Gasteiger partial charge in [0.05, 0.1) is 15.5 Å². The first-order valence-corrected chi connectivity index (χ1v) is 6.77. The van der Waals surface area contributed by atoms with Crippen LogP contribution in [0.25, 0.3) is 0 Å². The van der Waals surface area contributed by atoms with Crippen LogP contribution in [0.1, 0.15) is 18.6 Å². The number of aliphatic hydroxyl groups is 1. The lowest BCUT2D eigenvalue weighted by molar-refractivity contribution is -0.385. The van der Waals surface area contributed by atoms with Crippen molar-refractivity contribution >= 4 is 21.6 Å². The average molecular weight is 356 g/mol. The van der Waals surface area contributed by atoms with E-state index in [1.807, 2.05) is 0 Å². The van der Waals surface area contributed by atoms with Crippen molar-refractivity contribution in [2.75, 3.05) is 0 Å². The van der Waals surface area contributed by atoms with Gasteiger partial charge in [-0.2, -0.15) is 0 Å². The topological polar surface area (TPSA) is 72.6 Å². The average Bonchev–Trinajstić information content (AvgIpc) is 2.43. The Morgan fingerprint density at radius 2 is 1.95 bits per heavy atom. The molecule has 2 rings (SSSR count). The number of benzene rings is 2. The Bertz CT molecular complexity index is 673. The number of hydrogen-bond donors (Lipinski definition) is 1. The van der Waals surface area contributed by atoms with E-state index >= 15 is 0 Å². The van der Waals surface area contributed by atoms with Gasteiger partial charge in [-0.1, -0.05) is 12.1 Å². The Balaban J connectivity index is 2.34. The van der Waals surface area contributed by atoms with Gasteiger partial charge in [0.25, 0.3) is 0 Å². The van der Waals surface area contributed by atoms with Crippen LogP contribution in [0.2, 0.25) is 0 Å². The molecule has 0 aliphatic carbocycles. The van der Waals surface area contributed by atoms with Gasteiger partial charge < -0.3 is 9.84 Å². The third-order valence-electron chi connectivity index (χ3n) is 2.79. The molecule has 0 saturated heterocycles. The normalized spacial score (nSPS) is 12.0. The van der Waals surface area contributed by atoms with E-state index in [1.54, 1.807) is 31.2 Å². The molecule has 2 aromatic carbocycles. The summed E-state index contributed by atoms with van der Waals surface area (Å²) >= 11 is 2.90. The quantitative estimate of drug-likeness (QED) is 0.653. The zero-order valence-corrected chi connectivity index (χ0v) is 12.5. The fourth-order valence-corrected chi connectivity index (χ4v) is 2.02. The van der Waals surface area contributed by atoms with Crippen LogP contribution < -0.4 is 4.74 Å². The third-order valence-corrected chi connectivity index (χ3v) is 3.40. The third kappa shape index (κ3) is 3.56. The molecule has 0 bridgehead atoms. The summed E-state index contributed by atoms with van der Waals surface area (Å²) < 4.78 is 18.9. The highest BCUT2D eigenvalue weighted by atomic mass is 79.9. The van der Waals surface area contributed by atoms with Crippen LogP contribution >= 0.6 is 15.9 Å². The molecule has 21 heavy (non-hydrogen) atoms. The Kier molecular flexibility index (Phi) is 4.54. The number of ether oxygens (including phenoxy) is 1. The van der Waals surface area contributed by atoms with Crippen molar-refractivity contribution < 1.29 is 19.2 Å². The minimum Gasteiger partial charge on any atom is -0.450 e. The van der Waals surface area contributed by atoms with E-state index in [2.05, 4.69) is 15.9 Å². The van der Waals surface area contributed by atoms with Crippen molar-refractivity contribution in [3.05, 3.63) is 62.4 Å². The molecule has 0 aliphatic rings. The molecule has 0 aromatic heterocycles. The molecule has 0 saturated carbocycles. The molecular formula is C14H11BrFNO4. The molecule has 1 N–H and O–H groups in total. The van der Waals surface area contributed by atoms with Crippen molar-refractivity contribution in [1.29, 1.82) is 0 Å². The van der Waals surface area contributed by atoms with E-state index in [0.717, 1.165) is 12.1 Å². The van der Waals surface area contributed by atoms with Crippen molar-refractivity contribution in [3.8, 4) is 11.5 Å². The van der Waals surface area contributed by atoms with Gasteiger partial charge in [-0.3, -0.25) is 10.1 Å². The molecule has 0 aliphatic heterocycles. The van der Waals surface area contributed by atoms with E-state index in [4.69, 9.17) is 4.74 Å². The van der Waals surface area contributed by atoms with Crippen LogP contribution in [0, 0.1) is 15.9 Å². The zero-order chi connectivity index (χ0) is 15.6. The second-order valence-electron chi connectivity index (χ2n) is 4.34. The zero-order valence-electron chi connectivity index (χ0n) is 10.9. The number of halogens is 2. The molecule has 0 amide bonds. The van der Waals surface area contributed by atoms with Crippen molar-refractivity contribution in [3.63, 3.8) is 0 Å². The first-order valence-electron chi connectivity index (χ1n) is 5.98. The largest absolute Gasteiger partial charge is 0.450 e. The van der Waals surface area contributed by atoms with Gasteiger partial charge in [0.2, 0.25) is 5.75 Å². The van der Waals surface area contributed by atoms with E-state index in [0.29, 0.717) is 11.3 Å². The van der Waals surface area contributed by atoms with Crippen LogP contribution in [0.5, 0.6) is 11.5 Å². The lowest BCUT2D eigenvalue weighted by Crippen LogP contribution is -1.96. The summed E-state index contributed by atoms with van der Waals surface area (Å²) in [7, 11) is 0. The maximum Gasteiger partial charge on any atom is 0.312 e. The second kappa shape index (κ2) is 6.19. The monoisotopic (exact) mass is 355 g/mol. The highest BCUT2D eigenvalue weighted by Crippen LogP contribution is 2.35. The van der Waals surface area contributed by atoms with Gasteiger partial charge in [-0.05, 0) is 40.5 Å². The Hall–Kier alpha value is -1.99. The maximum absolute atomic E-state index is 13.5. The Labute approximate surface area is 128 Å². The number of hydrogen-bond acceptors (Lipinski definition) is 4. The van der Waals surface area contributed by atoms with E-state index < -0.39 is 16.8 Å². The molecule has 0 heterocycles. The number of nitrogens with zero attached hydrogens (tertiary/aromatic N) is 1. The molecule has 2 aromatic rings. The summed E-state index contributed by atoms with van der Waals surface area (Å²) in [4.78, 5) is 10.3. The Morgan fingerprint density at radius 3 is 2.48 bits per heavy atom. The van der Waals surface area contributed by atoms with E-state index in [1.165, 1.54) is 0 Å².